The lowest BCUT2D eigenvalue weighted by Crippen LogP contribution is -2.50. The van der Waals surface area contributed by atoms with E-state index in [-0.39, 0.29) is 13.1 Å². The molecular weight excluding hydrogens is 390 g/mol. The molecule has 0 spiro atoms. The zero-order valence-corrected chi connectivity index (χ0v) is 16.7. The van der Waals surface area contributed by atoms with E-state index in [1.54, 1.807) is 37.3 Å². The summed E-state index contributed by atoms with van der Waals surface area (Å²) in [5.41, 5.74) is -0.443. The van der Waals surface area contributed by atoms with Crippen LogP contribution in [0, 0.1) is 6.92 Å². The zero-order chi connectivity index (χ0) is 22.3. The standard InChI is InChI=1S/C20H23N5O5/c1-4-24(19(29)21-14(3)26)11-16(22-18(28)15-8-6-5-7-9-15)12-25-10-13(2)17(27)23-20(25)30/h4-10,16H,1,11-12H2,2-3H3,(H,22,28)(H,21,26,29)(H,23,27,30). The van der Waals surface area contributed by atoms with Gasteiger partial charge >= 0.3 is 11.7 Å². The van der Waals surface area contributed by atoms with Crippen LogP contribution in [0.2, 0.25) is 0 Å². The summed E-state index contributed by atoms with van der Waals surface area (Å²) in [5.74, 6) is -0.963. The van der Waals surface area contributed by atoms with Gasteiger partial charge in [-0.1, -0.05) is 24.8 Å². The minimum absolute atomic E-state index is 0.0350. The van der Waals surface area contributed by atoms with Gasteiger partial charge < -0.3 is 5.32 Å². The monoisotopic (exact) mass is 413 g/mol. The Morgan fingerprint density at radius 2 is 1.90 bits per heavy atom. The van der Waals surface area contributed by atoms with E-state index in [2.05, 4.69) is 22.2 Å². The minimum atomic E-state index is -0.739. The Labute approximate surface area is 172 Å². The molecule has 4 amide bonds. The van der Waals surface area contributed by atoms with Crippen molar-refractivity contribution in [2.24, 2.45) is 0 Å². The highest BCUT2D eigenvalue weighted by molar-refractivity contribution is 5.95. The van der Waals surface area contributed by atoms with Crippen molar-refractivity contribution >= 4 is 17.8 Å². The second-order valence-corrected chi connectivity index (χ2v) is 6.58. The van der Waals surface area contributed by atoms with Crippen LogP contribution in [0.25, 0.3) is 0 Å². The third-order valence-corrected chi connectivity index (χ3v) is 4.16. The molecule has 0 aliphatic heterocycles. The molecule has 0 fully saturated rings. The number of hydrogen-bond acceptors (Lipinski definition) is 5. The van der Waals surface area contributed by atoms with Crippen LogP contribution in [0.1, 0.15) is 22.8 Å². The maximum Gasteiger partial charge on any atom is 0.328 e. The van der Waals surface area contributed by atoms with E-state index >= 15 is 0 Å². The first-order valence-corrected chi connectivity index (χ1v) is 9.08. The van der Waals surface area contributed by atoms with Crippen molar-refractivity contribution < 1.29 is 14.4 Å². The number of urea groups is 1. The van der Waals surface area contributed by atoms with E-state index in [0.29, 0.717) is 11.1 Å². The molecule has 1 aromatic carbocycles. The van der Waals surface area contributed by atoms with Gasteiger partial charge in [0.25, 0.3) is 11.5 Å². The number of nitrogens with one attached hydrogen (secondary N) is 3. The number of carbonyl (C=O) groups is 3. The van der Waals surface area contributed by atoms with Crippen molar-refractivity contribution in [3.8, 4) is 0 Å². The van der Waals surface area contributed by atoms with Gasteiger partial charge in [0.15, 0.2) is 0 Å². The highest BCUT2D eigenvalue weighted by Gasteiger charge is 2.21. The largest absolute Gasteiger partial charge is 0.346 e. The molecule has 0 saturated carbocycles. The molecule has 10 nitrogen and oxygen atoms in total. The predicted molar refractivity (Wildman–Crippen MR) is 110 cm³/mol. The Morgan fingerprint density at radius 1 is 1.23 bits per heavy atom. The summed E-state index contributed by atoms with van der Waals surface area (Å²) in [6.07, 6.45) is 2.58. The van der Waals surface area contributed by atoms with Crippen molar-refractivity contribution in [2.45, 2.75) is 26.4 Å². The first kappa shape index (κ1) is 22.3. The molecule has 1 aromatic heterocycles. The predicted octanol–water partition coefficient (Wildman–Crippen LogP) is 0.345. The number of imide groups is 1. The normalized spacial score (nSPS) is 11.3. The van der Waals surface area contributed by atoms with Crippen LogP contribution < -0.4 is 21.9 Å². The van der Waals surface area contributed by atoms with Gasteiger partial charge in [0.05, 0.1) is 6.04 Å². The summed E-state index contributed by atoms with van der Waals surface area (Å²) in [6.45, 7) is 6.18. The van der Waals surface area contributed by atoms with Gasteiger partial charge in [-0.3, -0.25) is 34.2 Å². The molecule has 0 radical (unpaired) electrons. The van der Waals surface area contributed by atoms with Crippen LogP contribution in [0.3, 0.4) is 0 Å². The van der Waals surface area contributed by atoms with Gasteiger partial charge in [0, 0.05) is 43.5 Å². The van der Waals surface area contributed by atoms with E-state index in [0.717, 1.165) is 4.90 Å². The van der Waals surface area contributed by atoms with Gasteiger partial charge in [-0.25, -0.2) is 9.59 Å². The fourth-order valence-corrected chi connectivity index (χ4v) is 2.70. The fraction of sp³-hybridized carbons (Fsp3) is 0.250. The van der Waals surface area contributed by atoms with E-state index in [1.165, 1.54) is 23.9 Å². The minimum Gasteiger partial charge on any atom is -0.346 e. The summed E-state index contributed by atoms with van der Waals surface area (Å²) >= 11 is 0. The third kappa shape index (κ3) is 6.03. The van der Waals surface area contributed by atoms with E-state index in [9.17, 15) is 24.0 Å². The Kier molecular flexibility index (Phi) is 7.45. The quantitative estimate of drug-likeness (QED) is 0.602. The second-order valence-electron chi connectivity index (χ2n) is 6.58. The Balaban J connectivity index is 2.30. The molecular formula is C20H23N5O5. The average Bonchev–Trinajstić information content (AvgIpc) is 2.69. The molecule has 2 aromatic rings. The molecule has 1 unspecified atom stereocenters. The van der Waals surface area contributed by atoms with Crippen LogP contribution in [-0.4, -0.2) is 44.9 Å². The molecule has 1 atom stereocenters. The maximum absolute atomic E-state index is 12.6. The number of H-pyrrole nitrogens is 1. The highest BCUT2D eigenvalue weighted by Crippen LogP contribution is 2.03. The fourth-order valence-electron chi connectivity index (χ4n) is 2.70. The lowest BCUT2D eigenvalue weighted by Gasteiger charge is -2.26. The van der Waals surface area contributed by atoms with Gasteiger partial charge in [0.2, 0.25) is 5.91 Å². The smallest absolute Gasteiger partial charge is 0.328 e. The molecule has 30 heavy (non-hydrogen) atoms. The van der Waals surface area contributed by atoms with Gasteiger partial charge in [-0.15, -0.1) is 0 Å². The van der Waals surface area contributed by atoms with Crippen LogP contribution >= 0.6 is 0 Å². The summed E-state index contributed by atoms with van der Waals surface area (Å²) in [7, 11) is 0. The van der Waals surface area contributed by atoms with Crippen LogP contribution in [-0.2, 0) is 11.3 Å². The number of rotatable bonds is 7. The number of amides is 4. The SMILES string of the molecule is C=CN(CC(Cn1cc(C)c(=O)[nH]c1=O)NC(=O)c1ccccc1)C(=O)NC(C)=O. The van der Waals surface area contributed by atoms with Crippen molar-refractivity contribution in [1.82, 2.24) is 25.1 Å². The van der Waals surface area contributed by atoms with Crippen molar-refractivity contribution in [3.63, 3.8) is 0 Å². The third-order valence-electron chi connectivity index (χ3n) is 4.16. The highest BCUT2D eigenvalue weighted by atomic mass is 16.2. The first-order chi connectivity index (χ1) is 14.2. The van der Waals surface area contributed by atoms with Gasteiger partial charge in [-0.2, -0.15) is 0 Å². The maximum atomic E-state index is 12.6. The van der Waals surface area contributed by atoms with Crippen molar-refractivity contribution in [2.75, 3.05) is 6.54 Å². The number of aromatic nitrogens is 2. The molecule has 0 aliphatic rings. The number of carbonyl (C=O) groups excluding carboxylic acids is 3. The number of aryl methyl sites for hydroxylation is 1. The van der Waals surface area contributed by atoms with E-state index in [4.69, 9.17) is 0 Å². The van der Waals surface area contributed by atoms with Crippen molar-refractivity contribution in [1.29, 1.82) is 0 Å². The molecule has 2 rings (SSSR count). The number of benzene rings is 1. The Hall–Kier alpha value is -3.95. The molecule has 3 N–H and O–H groups in total. The second kappa shape index (κ2) is 10.0. The molecule has 0 bridgehead atoms. The van der Waals surface area contributed by atoms with Crippen LogP contribution in [0.4, 0.5) is 4.79 Å². The van der Waals surface area contributed by atoms with Crippen LogP contribution in [0.5, 0.6) is 0 Å². The summed E-state index contributed by atoms with van der Waals surface area (Å²) < 4.78 is 1.23. The first-order valence-electron chi connectivity index (χ1n) is 9.08. The number of hydrogen-bond donors (Lipinski definition) is 3. The average molecular weight is 413 g/mol. The van der Waals surface area contributed by atoms with Crippen LogP contribution in [0.15, 0.2) is 58.9 Å². The molecule has 1 heterocycles. The number of aromatic amines is 1. The molecule has 158 valence electrons. The van der Waals surface area contributed by atoms with Gasteiger partial charge in [0.1, 0.15) is 0 Å². The number of nitrogens with zero attached hydrogens (tertiary/aromatic N) is 2. The lowest BCUT2D eigenvalue weighted by atomic mass is 10.2. The molecule has 0 aliphatic carbocycles. The molecule has 0 saturated heterocycles. The zero-order valence-electron chi connectivity index (χ0n) is 16.7. The topological polar surface area (TPSA) is 133 Å². The van der Waals surface area contributed by atoms with E-state index < -0.39 is 35.1 Å². The molecule has 10 heteroatoms. The summed E-state index contributed by atoms with van der Waals surface area (Å²) in [6, 6.07) is 6.96. The summed E-state index contributed by atoms with van der Waals surface area (Å²) in [5, 5.41) is 4.90. The lowest BCUT2D eigenvalue weighted by molar-refractivity contribution is -0.118. The summed E-state index contributed by atoms with van der Waals surface area (Å²) in [4.78, 5) is 63.1. The van der Waals surface area contributed by atoms with Crippen molar-refractivity contribution in [3.05, 3.63) is 81.3 Å². The van der Waals surface area contributed by atoms with Gasteiger partial charge in [-0.05, 0) is 19.1 Å². The Bertz CT molecular complexity index is 1060. The van der Waals surface area contributed by atoms with E-state index in [1.807, 2.05) is 0 Å². The Morgan fingerprint density at radius 3 is 2.50 bits per heavy atom.